The highest BCUT2D eigenvalue weighted by atomic mass is 19.4. The second-order valence-electron chi connectivity index (χ2n) is 5.84. The second kappa shape index (κ2) is 7.76. The maximum absolute atomic E-state index is 13.2. The fourth-order valence-corrected chi connectivity index (χ4v) is 1.46. The molecule has 0 nitrogen and oxygen atoms in total. The van der Waals surface area contributed by atoms with E-state index in [2.05, 4.69) is 0 Å². The first kappa shape index (κ1) is 32.0. The molecule has 34 heavy (non-hydrogen) atoms. The molecule has 0 radical (unpaired) electrons. The van der Waals surface area contributed by atoms with Crippen molar-refractivity contribution >= 4 is 0 Å². The van der Waals surface area contributed by atoms with Crippen LogP contribution in [-0.2, 0) is 0 Å². The van der Waals surface area contributed by atoms with Gasteiger partial charge >= 0.3 is 59.7 Å². The average Bonchev–Trinajstić information content (AvgIpc) is 2.57. The van der Waals surface area contributed by atoms with Crippen molar-refractivity contribution in [2.45, 2.75) is 59.7 Å². The van der Waals surface area contributed by atoms with Crippen LogP contribution < -0.4 is 0 Å². The minimum absolute atomic E-state index is 1.31. The molecule has 0 unspecified atom stereocenters. The standard InChI is InChI=1S/C12F22/c13-3(14,1-2-4(15,16)6(19,20)11(29,30)31)5(17,18)7(21,22)8(23,24)9(25,26)10(27,28)12(32,33)34. The highest BCUT2D eigenvalue weighted by molar-refractivity contribution is 5.26. The molecular weight excluding hydrogens is 562 g/mol. The Bertz CT molecular complexity index is 810. The first-order valence-electron chi connectivity index (χ1n) is 6.91. The van der Waals surface area contributed by atoms with Crippen molar-refractivity contribution < 1.29 is 96.6 Å². The Morgan fingerprint density at radius 3 is 0.706 bits per heavy atom. The molecular formula is C12F22. The van der Waals surface area contributed by atoms with Gasteiger partial charge in [-0.1, -0.05) is 0 Å². The van der Waals surface area contributed by atoms with Gasteiger partial charge < -0.3 is 0 Å². The molecule has 0 aliphatic carbocycles. The van der Waals surface area contributed by atoms with Crippen LogP contribution in [0.4, 0.5) is 96.6 Å². The van der Waals surface area contributed by atoms with E-state index >= 15 is 0 Å². The zero-order valence-corrected chi connectivity index (χ0v) is 14.3. The lowest BCUT2D eigenvalue weighted by Crippen LogP contribution is -2.72. The zero-order valence-electron chi connectivity index (χ0n) is 14.3. The third-order valence-corrected chi connectivity index (χ3v) is 3.45. The van der Waals surface area contributed by atoms with Crippen molar-refractivity contribution in [1.82, 2.24) is 0 Å². The van der Waals surface area contributed by atoms with Gasteiger partial charge in [-0.2, -0.15) is 96.6 Å². The highest BCUT2D eigenvalue weighted by Crippen LogP contribution is 2.62. The molecule has 0 aromatic rings. The molecule has 0 amide bonds. The monoisotopic (exact) mass is 562 g/mol. The lowest BCUT2D eigenvalue weighted by Gasteiger charge is -2.40. The van der Waals surface area contributed by atoms with Crippen molar-refractivity contribution in [2.24, 2.45) is 0 Å². The van der Waals surface area contributed by atoms with Crippen molar-refractivity contribution in [3.05, 3.63) is 0 Å². The largest absolute Gasteiger partial charge is 0.461 e. The van der Waals surface area contributed by atoms with Gasteiger partial charge in [0.05, 0.1) is 0 Å². The first-order chi connectivity index (χ1) is 14.2. The van der Waals surface area contributed by atoms with Gasteiger partial charge in [-0.3, -0.25) is 0 Å². The summed E-state index contributed by atoms with van der Waals surface area (Å²) in [6.45, 7) is 0. The van der Waals surface area contributed by atoms with Gasteiger partial charge in [-0.25, -0.2) is 0 Å². The second-order valence-corrected chi connectivity index (χ2v) is 5.84. The molecule has 22 heteroatoms. The van der Waals surface area contributed by atoms with Gasteiger partial charge in [0.1, 0.15) is 0 Å². The summed E-state index contributed by atoms with van der Waals surface area (Å²) in [5, 5.41) is 0. The minimum Gasteiger partial charge on any atom is -0.192 e. The third kappa shape index (κ3) is 4.26. The highest BCUT2D eigenvalue weighted by Gasteiger charge is 2.93. The van der Waals surface area contributed by atoms with E-state index in [-0.39, 0.29) is 0 Å². The molecule has 202 valence electrons. The number of alkyl halides is 22. The molecule has 0 aromatic carbocycles. The van der Waals surface area contributed by atoms with Crippen LogP contribution in [0.15, 0.2) is 0 Å². The van der Waals surface area contributed by atoms with E-state index in [0.29, 0.717) is 0 Å². The summed E-state index contributed by atoms with van der Waals surface area (Å²) in [5.41, 5.74) is 0. The lowest BCUT2D eigenvalue weighted by molar-refractivity contribution is -0.449. The molecule has 0 spiro atoms. The Hall–Kier alpha value is -1.98. The Kier molecular flexibility index (Phi) is 7.31. The normalized spacial score (nSPS) is 16.3. The summed E-state index contributed by atoms with van der Waals surface area (Å²) in [6, 6.07) is 0. The van der Waals surface area contributed by atoms with Crippen LogP contribution in [0.5, 0.6) is 0 Å². The fourth-order valence-electron chi connectivity index (χ4n) is 1.46. The van der Waals surface area contributed by atoms with Crippen LogP contribution in [-0.4, -0.2) is 59.7 Å². The smallest absolute Gasteiger partial charge is 0.192 e. The van der Waals surface area contributed by atoms with Gasteiger partial charge in [0.2, 0.25) is 0 Å². The topological polar surface area (TPSA) is 0 Å². The molecule has 0 saturated carbocycles. The van der Waals surface area contributed by atoms with Crippen molar-refractivity contribution in [3.63, 3.8) is 0 Å². The molecule has 0 aromatic heterocycles. The average molecular weight is 562 g/mol. The molecule has 0 heterocycles. The summed E-state index contributed by atoms with van der Waals surface area (Å²) in [5.74, 6) is -68.3. The maximum Gasteiger partial charge on any atom is 0.461 e. The van der Waals surface area contributed by atoms with Crippen molar-refractivity contribution in [2.75, 3.05) is 0 Å². The molecule has 0 saturated heterocycles. The van der Waals surface area contributed by atoms with Crippen LogP contribution in [0.25, 0.3) is 0 Å². The first-order valence-corrected chi connectivity index (χ1v) is 6.91. The molecule has 0 aliphatic heterocycles. The predicted octanol–water partition coefficient (Wildman–Crippen LogP) is 7.20. The van der Waals surface area contributed by atoms with E-state index in [0.717, 1.165) is 0 Å². The van der Waals surface area contributed by atoms with Gasteiger partial charge in [0.25, 0.3) is 0 Å². The number of hydrogen-bond acceptors (Lipinski definition) is 0. The number of halogens is 22. The summed E-state index contributed by atoms with van der Waals surface area (Å²) in [6.07, 6.45) is -15.3. The maximum atomic E-state index is 13.2. The SMILES string of the molecule is FC(F)(F)C(F)(F)C(F)(F)C#CC(F)(F)C(F)(F)C(F)(F)C(F)(F)C(F)(F)C(F)(F)C(F)(F)F. The van der Waals surface area contributed by atoms with Gasteiger partial charge in [0, 0.05) is 0 Å². The Balaban J connectivity index is 6.77. The van der Waals surface area contributed by atoms with Gasteiger partial charge in [0.15, 0.2) is 0 Å². The molecule has 0 N–H and O–H groups in total. The number of rotatable bonds is 6. The van der Waals surface area contributed by atoms with Gasteiger partial charge in [-0.05, 0) is 11.8 Å². The summed E-state index contributed by atoms with van der Waals surface area (Å²) >= 11 is 0. The molecule has 0 fully saturated rings. The lowest BCUT2D eigenvalue weighted by atomic mass is 9.91. The van der Waals surface area contributed by atoms with Gasteiger partial charge in [-0.15, -0.1) is 0 Å². The molecule has 0 bridgehead atoms. The van der Waals surface area contributed by atoms with Crippen molar-refractivity contribution in [1.29, 1.82) is 0 Å². The van der Waals surface area contributed by atoms with Crippen LogP contribution in [0.1, 0.15) is 0 Å². The van der Waals surface area contributed by atoms with E-state index in [1.54, 1.807) is 0 Å². The molecule has 0 rings (SSSR count). The van der Waals surface area contributed by atoms with E-state index < -0.39 is 71.6 Å². The van der Waals surface area contributed by atoms with E-state index in [1.807, 2.05) is 0 Å². The molecule has 0 aliphatic rings. The zero-order chi connectivity index (χ0) is 28.4. The quantitative estimate of drug-likeness (QED) is 0.238. The van der Waals surface area contributed by atoms with Crippen LogP contribution >= 0.6 is 0 Å². The van der Waals surface area contributed by atoms with E-state index in [9.17, 15) is 96.6 Å². The summed E-state index contributed by atoms with van der Waals surface area (Å²) in [7, 11) is 0. The third-order valence-electron chi connectivity index (χ3n) is 3.45. The Labute approximate surface area is 169 Å². The molecule has 0 atom stereocenters. The Morgan fingerprint density at radius 1 is 0.235 bits per heavy atom. The fraction of sp³-hybridized carbons (Fsp3) is 0.833. The summed E-state index contributed by atoms with van der Waals surface area (Å²) < 4.78 is 277. The minimum atomic E-state index is -8.83. The van der Waals surface area contributed by atoms with Crippen molar-refractivity contribution in [3.8, 4) is 11.8 Å². The van der Waals surface area contributed by atoms with Crippen LogP contribution in [0.2, 0.25) is 0 Å². The summed E-state index contributed by atoms with van der Waals surface area (Å²) in [4.78, 5) is 0. The van der Waals surface area contributed by atoms with Crippen LogP contribution in [0.3, 0.4) is 0 Å². The predicted molar refractivity (Wildman–Crippen MR) is 59.5 cm³/mol. The number of hydrogen-bond donors (Lipinski definition) is 0. The van der Waals surface area contributed by atoms with E-state index in [1.165, 1.54) is 0 Å². The Morgan fingerprint density at radius 2 is 0.441 bits per heavy atom. The van der Waals surface area contributed by atoms with E-state index in [4.69, 9.17) is 0 Å². The van der Waals surface area contributed by atoms with Crippen LogP contribution in [0, 0.1) is 11.8 Å².